The van der Waals surface area contributed by atoms with Crippen LogP contribution in [0.2, 0.25) is 0 Å². The molecule has 14 heteroatoms. The molecule has 0 bridgehead atoms. The van der Waals surface area contributed by atoms with E-state index >= 15 is 0 Å². The van der Waals surface area contributed by atoms with Crippen LogP contribution in [0.5, 0.6) is 0 Å². The topological polar surface area (TPSA) is 179 Å². The number of unbranched alkanes of at least 4 members (excludes halogenated alkanes) is 1. The number of benzene rings is 2. The van der Waals surface area contributed by atoms with Gasteiger partial charge >= 0.3 is 12.2 Å². The van der Waals surface area contributed by atoms with Gasteiger partial charge in [0.05, 0.1) is 37.5 Å². The maximum Gasteiger partial charge on any atom is 0.407 e. The number of hydrogen-bond acceptors (Lipinski definition) is 9. The minimum absolute atomic E-state index is 0.0432. The molecule has 1 aliphatic heterocycles. The Hall–Kier alpha value is -5.84. The number of aryl methyl sites for hydroxylation is 1. The third kappa shape index (κ3) is 14.1. The van der Waals surface area contributed by atoms with Gasteiger partial charge in [-0.1, -0.05) is 58.1 Å². The average molecular weight is 757 g/mol. The summed E-state index contributed by atoms with van der Waals surface area (Å²) in [6.45, 7) is 13.2. The molecule has 2 unspecified atom stereocenters. The van der Waals surface area contributed by atoms with Gasteiger partial charge in [0.1, 0.15) is 11.9 Å². The van der Waals surface area contributed by atoms with Crippen molar-refractivity contribution in [3.05, 3.63) is 71.2 Å². The average Bonchev–Trinajstić information content (AvgIpc) is 3.83. The van der Waals surface area contributed by atoms with Crippen LogP contribution in [0.3, 0.4) is 0 Å². The predicted molar refractivity (Wildman–Crippen MR) is 215 cm³/mol. The van der Waals surface area contributed by atoms with Crippen molar-refractivity contribution in [3.63, 3.8) is 0 Å². The maximum atomic E-state index is 13.4. The SMILES string of the molecule is C=N/C=C(\NCC1CCCN1C(=O)C(NC(=O)OC)C(C)C)c1ccc(C#Cc2ccc3nc(CCCCNC(=O)CNC(=O)OC)[nH]c3c2)cc1.CCC. The molecule has 1 fully saturated rings. The van der Waals surface area contributed by atoms with Gasteiger partial charge in [0.25, 0.3) is 0 Å². The quantitative estimate of drug-likeness (QED) is 0.0805. The van der Waals surface area contributed by atoms with E-state index in [4.69, 9.17) is 4.74 Å². The molecular formula is C41H56N8O6. The highest BCUT2D eigenvalue weighted by atomic mass is 16.5. The van der Waals surface area contributed by atoms with Gasteiger partial charge in [0, 0.05) is 49.4 Å². The number of fused-ring (bicyclic) bond motifs is 1. The van der Waals surface area contributed by atoms with Crippen molar-refractivity contribution in [1.29, 1.82) is 0 Å². The molecule has 14 nitrogen and oxygen atoms in total. The van der Waals surface area contributed by atoms with E-state index in [0.717, 1.165) is 71.3 Å². The maximum absolute atomic E-state index is 13.4. The number of aliphatic imine (C=N–C) groups is 1. The zero-order chi connectivity index (χ0) is 40.2. The zero-order valence-electron chi connectivity index (χ0n) is 32.9. The summed E-state index contributed by atoms with van der Waals surface area (Å²) < 4.78 is 9.18. The van der Waals surface area contributed by atoms with Crippen molar-refractivity contribution in [1.82, 2.24) is 36.1 Å². The number of aromatic amines is 1. The standard InChI is InChI=1S/C38H48N8O6.C3H8/c1-25(2)35(45-38(50)52-5)36(48)46-20-8-9-29(46)22-41-32(23-39-3)28-16-13-26(14-17-28)11-12-27-15-18-30-31(21-27)44-33(43-30)10-6-7-19-40-34(47)24-42-37(49)51-4;1-3-2/h13-18,21,23,25,29,35,41H,3,6-10,19-20,22,24H2,1-2,4-5H3,(H,40,47)(H,42,49)(H,43,44)(H,45,50);3H2,1-2H3/b32-23-;. The lowest BCUT2D eigenvalue weighted by Gasteiger charge is -2.31. The number of methoxy groups -OCH3 is 2. The van der Waals surface area contributed by atoms with Crippen molar-refractivity contribution < 1.29 is 28.7 Å². The van der Waals surface area contributed by atoms with Crippen LogP contribution in [0.1, 0.15) is 82.3 Å². The fraction of sp³-hybridized carbons (Fsp3) is 0.463. The molecule has 0 aliphatic carbocycles. The normalized spacial score (nSPS) is 14.1. The summed E-state index contributed by atoms with van der Waals surface area (Å²) in [6.07, 6.45) is 5.70. The molecule has 0 saturated carbocycles. The lowest BCUT2D eigenvalue weighted by molar-refractivity contribution is -0.135. The van der Waals surface area contributed by atoms with Crippen molar-refractivity contribution in [3.8, 4) is 11.8 Å². The van der Waals surface area contributed by atoms with E-state index in [1.165, 1.54) is 20.6 Å². The number of H-pyrrole nitrogens is 1. The summed E-state index contributed by atoms with van der Waals surface area (Å²) in [4.78, 5) is 62.0. The molecule has 4 rings (SSSR count). The first-order valence-electron chi connectivity index (χ1n) is 18.8. The number of hydrogen-bond donors (Lipinski definition) is 5. The third-order valence-corrected chi connectivity index (χ3v) is 8.62. The van der Waals surface area contributed by atoms with Crippen LogP contribution >= 0.6 is 0 Å². The Balaban J connectivity index is 0.00000262. The van der Waals surface area contributed by atoms with Gasteiger partial charge < -0.3 is 40.6 Å². The summed E-state index contributed by atoms with van der Waals surface area (Å²) in [7, 11) is 2.53. The molecule has 296 valence electrons. The molecule has 5 N–H and O–H groups in total. The monoisotopic (exact) mass is 756 g/mol. The first-order chi connectivity index (χ1) is 26.5. The fourth-order valence-corrected chi connectivity index (χ4v) is 5.83. The van der Waals surface area contributed by atoms with E-state index < -0.39 is 18.2 Å². The van der Waals surface area contributed by atoms with E-state index in [1.807, 2.05) is 61.2 Å². The van der Waals surface area contributed by atoms with Crippen molar-refractivity contribution in [2.24, 2.45) is 10.9 Å². The van der Waals surface area contributed by atoms with Gasteiger partial charge in [-0.05, 0) is 74.2 Å². The highest BCUT2D eigenvalue weighted by Gasteiger charge is 2.35. The van der Waals surface area contributed by atoms with Gasteiger partial charge in [-0.3, -0.25) is 14.6 Å². The Morgan fingerprint density at radius 2 is 1.69 bits per heavy atom. The van der Waals surface area contributed by atoms with E-state index in [2.05, 4.69) is 73.4 Å². The van der Waals surface area contributed by atoms with Crippen LogP contribution in [0, 0.1) is 17.8 Å². The van der Waals surface area contributed by atoms with Crippen molar-refractivity contribution in [2.45, 2.75) is 78.3 Å². The molecule has 3 aromatic rings. The number of ether oxygens (including phenoxy) is 2. The van der Waals surface area contributed by atoms with Gasteiger partial charge in [0.2, 0.25) is 11.8 Å². The van der Waals surface area contributed by atoms with Crippen LogP contribution in [-0.4, -0.2) is 98.1 Å². The van der Waals surface area contributed by atoms with Gasteiger partial charge in [-0.25, -0.2) is 14.6 Å². The van der Waals surface area contributed by atoms with Gasteiger partial charge in [-0.2, -0.15) is 0 Å². The van der Waals surface area contributed by atoms with Crippen LogP contribution < -0.4 is 21.3 Å². The summed E-state index contributed by atoms with van der Waals surface area (Å²) in [6, 6.07) is 13.0. The van der Waals surface area contributed by atoms with Crippen molar-refractivity contribution >= 4 is 47.4 Å². The largest absolute Gasteiger partial charge is 0.453 e. The number of aromatic nitrogens is 2. The fourth-order valence-electron chi connectivity index (χ4n) is 5.83. The minimum Gasteiger partial charge on any atom is -0.453 e. The number of carbonyl (C=O) groups is 4. The van der Waals surface area contributed by atoms with Crippen LogP contribution in [0.15, 0.2) is 53.7 Å². The Morgan fingerprint density at radius 3 is 2.36 bits per heavy atom. The second kappa shape index (κ2) is 23.1. The Morgan fingerprint density at radius 1 is 1.00 bits per heavy atom. The van der Waals surface area contributed by atoms with Crippen molar-refractivity contribution in [2.75, 3.05) is 40.4 Å². The second-order valence-corrected chi connectivity index (χ2v) is 13.4. The molecule has 1 saturated heterocycles. The minimum atomic E-state index is -0.666. The highest BCUT2D eigenvalue weighted by Crippen LogP contribution is 2.22. The molecule has 1 aliphatic rings. The molecule has 4 amide bonds. The molecule has 2 atom stereocenters. The summed E-state index contributed by atoms with van der Waals surface area (Å²) in [5.74, 6) is 6.85. The van der Waals surface area contributed by atoms with E-state index in [1.54, 1.807) is 6.20 Å². The number of carbonyl (C=O) groups excluding carboxylic acids is 4. The predicted octanol–water partition coefficient (Wildman–Crippen LogP) is 5.13. The number of amides is 4. The molecule has 2 heterocycles. The summed E-state index contributed by atoms with van der Waals surface area (Å²) >= 11 is 0. The van der Waals surface area contributed by atoms with E-state index in [9.17, 15) is 19.2 Å². The number of imidazole rings is 1. The summed E-state index contributed by atoms with van der Waals surface area (Å²) in [5.41, 5.74) is 5.14. The molecule has 0 spiro atoms. The molecule has 0 radical (unpaired) electrons. The lowest BCUT2D eigenvalue weighted by atomic mass is 10.0. The smallest absolute Gasteiger partial charge is 0.407 e. The number of likely N-dealkylation sites (tertiary alicyclic amines) is 1. The van der Waals surface area contributed by atoms with Crippen LogP contribution in [0.25, 0.3) is 16.7 Å². The van der Waals surface area contributed by atoms with Crippen LogP contribution in [-0.2, 0) is 25.5 Å². The van der Waals surface area contributed by atoms with Crippen LogP contribution in [0.4, 0.5) is 9.59 Å². The Kier molecular flexibility index (Phi) is 18.3. The number of nitrogens with zero attached hydrogens (tertiary/aromatic N) is 3. The number of rotatable bonds is 15. The Labute approximate surface area is 324 Å². The zero-order valence-corrected chi connectivity index (χ0v) is 32.9. The summed E-state index contributed by atoms with van der Waals surface area (Å²) in [5, 5.41) is 11.3. The van der Waals surface area contributed by atoms with E-state index in [-0.39, 0.29) is 30.3 Å². The first-order valence-corrected chi connectivity index (χ1v) is 18.8. The molecule has 55 heavy (non-hydrogen) atoms. The van der Waals surface area contributed by atoms with Gasteiger partial charge in [0.15, 0.2) is 0 Å². The molecular weight excluding hydrogens is 701 g/mol. The Bertz CT molecular complexity index is 1830. The first kappa shape index (κ1) is 43.6. The van der Waals surface area contributed by atoms with E-state index in [0.29, 0.717) is 19.6 Å². The lowest BCUT2D eigenvalue weighted by Crippen LogP contribution is -2.53. The highest BCUT2D eigenvalue weighted by molar-refractivity contribution is 5.86. The molecule has 2 aromatic carbocycles. The molecule has 1 aromatic heterocycles. The third-order valence-electron chi connectivity index (χ3n) is 8.62. The number of nitrogens with one attached hydrogen (secondary N) is 5. The number of alkyl carbamates (subject to hydrolysis) is 2. The van der Waals surface area contributed by atoms with Gasteiger partial charge in [-0.15, -0.1) is 0 Å². The second-order valence-electron chi connectivity index (χ2n) is 13.4.